The van der Waals surface area contributed by atoms with Crippen LogP contribution < -0.4 is 0 Å². The Balaban J connectivity index is 3.48. The van der Waals surface area contributed by atoms with Crippen LogP contribution in [0.4, 0.5) is 0 Å². The lowest BCUT2D eigenvalue weighted by atomic mass is 10.4. The Morgan fingerprint density at radius 1 is 1.00 bits per heavy atom. The monoisotopic (exact) mass is 186 g/mol. The van der Waals surface area contributed by atoms with Gasteiger partial charge in [-0.05, 0) is 0 Å². The first-order valence-electron chi connectivity index (χ1n) is 3.64. The van der Waals surface area contributed by atoms with E-state index < -0.39 is 11.9 Å². The second kappa shape index (κ2) is 7.00. The van der Waals surface area contributed by atoms with Crippen molar-refractivity contribution in [1.29, 1.82) is 0 Å². The van der Waals surface area contributed by atoms with Gasteiger partial charge in [-0.3, -0.25) is 9.59 Å². The molecule has 0 unspecified atom stereocenters. The van der Waals surface area contributed by atoms with E-state index in [9.17, 15) is 9.59 Å². The van der Waals surface area contributed by atoms with Crippen molar-refractivity contribution < 1.29 is 19.8 Å². The molecule has 2 N–H and O–H groups in total. The quantitative estimate of drug-likeness (QED) is 0.575. The summed E-state index contributed by atoms with van der Waals surface area (Å²) in [6, 6.07) is 2.22. The molecular weight excluding hydrogens is 176 g/mol. The van der Waals surface area contributed by atoms with E-state index in [0.29, 0.717) is 0 Å². The van der Waals surface area contributed by atoms with E-state index in [0.717, 1.165) is 0 Å². The van der Waals surface area contributed by atoms with Crippen molar-refractivity contribution in [3.8, 4) is 0 Å². The van der Waals surface area contributed by atoms with E-state index in [4.69, 9.17) is 10.2 Å². The molecule has 0 aromatic rings. The van der Waals surface area contributed by atoms with Gasteiger partial charge in [0, 0.05) is 0 Å². The van der Waals surface area contributed by atoms with Crippen molar-refractivity contribution in [1.82, 2.24) is 0 Å². The topological polar surface area (TPSA) is 99.3 Å². The Morgan fingerprint density at radius 3 is 1.69 bits per heavy atom. The average molecular weight is 186 g/mol. The van der Waals surface area contributed by atoms with E-state index in [2.05, 4.69) is 16.0 Å². The molecule has 0 atom stereocenters. The van der Waals surface area contributed by atoms with Gasteiger partial charge in [0.2, 0.25) is 0 Å². The van der Waals surface area contributed by atoms with Gasteiger partial charge in [0.25, 0.3) is 0 Å². The zero-order valence-electron chi connectivity index (χ0n) is 6.93. The van der Waals surface area contributed by atoms with Crippen LogP contribution in [0.25, 0.3) is 0 Å². The molecule has 72 valence electrons. The third-order valence-electron chi connectivity index (χ3n) is 1.02. The molecule has 6 nitrogen and oxygen atoms in total. The van der Waals surface area contributed by atoms with Crippen LogP contribution in [0.2, 0.25) is 0 Å². The number of carbonyl (C=O) groups is 2. The smallest absolute Gasteiger partial charge is 0.305 e. The third kappa shape index (κ3) is 10.3. The minimum Gasteiger partial charge on any atom is -0.481 e. The second-order valence-corrected chi connectivity index (χ2v) is 2.15. The summed E-state index contributed by atoms with van der Waals surface area (Å²) in [4.78, 5) is 27.0. The fourth-order valence-corrected chi connectivity index (χ4v) is 0.453. The predicted octanol–water partition coefficient (Wildman–Crippen LogP) is 0.110. The number of nitrogens with zero attached hydrogens (tertiary/aromatic N) is 2. The lowest BCUT2D eigenvalue weighted by Crippen LogP contribution is -1.97. The van der Waals surface area contributed by atoms with Crippen LogP contribution in [0.3, 0.4) is 0 Å². The van der Waals surface area contributed by atoms with E-state index in [1.165, 1.54) is 0 Å². The summed E-state index contributed by atoms with van der Waals surface area (Å²) in [6.07, 6.45) is -0.136. The average Bonchev–Trinajstić information content (AvgIpc) is 2.01. The highest BCUT2D eigenvalue weighted by atomic mass is 16.4. The maximum Gasteiger partial charge on any atom is 0.305 e. The summed E-state index contributed by atoms with van der Waals surface area (Å²) in [6.45, 7) is 0.234. The number of carboxylic acid groups (broad SMARTS) is 2. The first kappa shape index (κ1) is 11.3. The van der Waals surface area contributed by atoms with E-state index >= 15 is 0 Å². The van der Waals surface area contributed by atoms with Crippen LogP contribution in [-0.4, -0.2) is 41.2 Å². The number of hydrogen-bond acceptors (Lipinski definition) is 4. The molecular formula is C7H10N2O4. The van der Waals surface area contributed by atoms with E-state index in [-0.39, 0.29) is 25.9 Å². The molecule has 0 aliphatic carbocycles. The lowest BCUT2D eigenvalue weighted by molar-refractivity contribution is -0.137. The van der Waals surface area contributed by atoms with Crippen LogP contribution in [0.1, 0.15) is 12.8 Å². The fraction of sp³-hybridized carbons (Fsp3) is 0.571. The normalized spacial score (nSPS) is 8.62. The maximum absolute atomic E-state index is 9.98. The van der Waals surface area contributed by atoms with Gasteiger partial charge in [-0.25, -0.2) is 9.98 Å². The number of aliphatic imine (C=N–C) groups is 2. The fourth-order valence-electron chi connectivity index (χ4n) is 0.453. The molecule has 0 heterocycles. The van der Waals surface area contributed by atoms with Gasteiger partial charge in [0.15, 0.2) is 0 Å². The van der Waals surface area contributed by atoms with Crippen molar-refractivity contribution in [3.05, 3.63) is 0 Å². The molecule has 0 fully saturated rings. The predicted molar refractivity (Wildman–Crippen MR) is 44.1 cm³/mol. The standard InChI is InChI=1S/C7H10N2O4/c10-6(11)1-3-8-5-9-4-2-7(12)13/h1-4H2,(H,10,11)(H,12,13). The molecule has 0 spiro atoms. The summed E-state index contributed by atoms with van der Waals surface area (Å²) >= 11 is 0. The van der Waals surface area contributed by atoms with E-state index in [1.807, 2.05) is 0 Å². The van der Waals surface area contributed by atoms with Crippen molar-refractivity contribution >= 4 is 17.9 Å². The molecule has 0 amide bonds. The number of carboxylic acids is 2. The Bertz CT molecular complexity index is 221. The van der Waals surface area contributed by atoms with Gasteiger partial charge in [0.05, 0.1) is 31.9 Å². The van der Waals surface area contributed by atoms with Crippen molar-refractivity contribution in [3.63, 3.8) is 0 Å². The highest BCUT2D eigenvalue weighted by molar-refractivity contribution is 5.67. The number of rotatable bonds is 6. The van der Waals surface area contributed by atoms with Crippen LogP contribution in [-0.2, 0) is 9.59 Å². The first-order chi connectivity index (χ1) is 6.13. The maximum atomic E-state index is 9.98. The Labute approximate surface area is 74.6 Å². The van der Waals surface area contributed by atoms with Crippen molar-refractivity contribution in [2.45, 2.75) is 12.8 Å². The zero-order chi connectivity index (χ0) is 10.1. The number of hydrogen-bond donors (Lipinski definition) is 2. The van der Waals surface area contributed by atoms with Gasteiger partial charge in [-0.15, -0.1) is 0 Å². The summed E-state index contributed by atoms with van der Waals surface area (Å²) in [5.41, 5.74) is 0. The van der Waals surface area contributed by atoms with Crippen molar-refractivity contribution in [2.75, 3.05) is 13.1 Å². The van der Waals surface area contributed by atoms with Crippen LogP contribution in [0.5, 0.6) is 0 Å². The molecule has 6 heteroatoms. The Kier molecular flexibility index (Phi) is 6.09. The van der Waals surface area contributed by atoms with Crippen molar-refractivity contribution in [2.24, 2.45) is 9.98 Å². The van der Waals surface area contributed by atoms with Crippen LogP contribution in [0, 0.1) is 0 Å². The van der Waals surface area contributed by atoms with Gasteiger partial charge >= 0.3 is 11.9 Å². The number of aliphatic carboxylic acids is 2. The SMILES string of the molecule is O=C(O)CCN=C=NCCC(=O)O. The van der Waals surface area contributed by atoms with Crippen LogP contribution in [0.15, 0.2) is 9.98 Å². The zero-order valence-corrected chi connectivity index (χ0v) is 6.93. The molecule has 0 rings (SSSR count). The summed E-state index contributed by atoms with van der Waals surface area (Å²) < 4.78 is 0. The van der Waals surface area contributed by atoms with Gasteiger partial charge in [-0.2, -0.15) is 0 Å². The van der Waals surface area contributed by atoms with Gasteiger partial charge < -0.3 is 10.2 Å². The minimum absolute atomic E-state index is 0.0680. The lowest BCUT2D eigenvalue weighted by Gasteiger charge is -1.84. The highest BCUT2D eigenvalue weighted by Gasteiger charge is 1.92. The second-order valence-electron chi connectivity index (χ2n) is 2.15. The molecule has 0 saturated heterocycles. The third-order valence-corrected chi connectivity index (χ3v) is 1.02. The first-order valence-corrected chi connectivity index (χ1v) is 3.64. The molecule has 0 aromatic carbocycles. The van der Waals surface area contributed by atoms with E-state index in [1.54, 1.807) is 0 Å². The minimum atomic E-state index is -0.934. The Hall–Kier alpha value is -1.68. The molecule has 0 radical (unpaired) electrons. The summed E-state index contributed by atoms with van der Waals surface area (Å²) in [7, 11) is 0. The van der Waals surface area contributed by atoms with Crippen LogP contribution >= 0.6 is 0 Å². The molecule has 0 aliphatic heterocycles. The molecule has 0 aliphatic rings. The molecule has 0 saturated carbocycles. The van der Waals surface area contributed by atoms with Gasteiger partial charge in [-0.1, -0.05) is 0 Å². The largest absolute Gasteiger partial charge is 0.481 e. The Morgan fingerprint density at radius 2 is 1.38 bits per heavy atom. The molecule has 13 heavy (non-hydrogen) atoms. The summed E-state index contributed by atoms with van der Waals surface area (Å²) in [5.74, 6) is -1.87. The highest BCUT2D eigenvalue weighted by Crippen LogP contribution is 1.80. The molecule has 0 aromatic heterocycles. The summed E-state index contributed by atoms with van der Waals surface area (Å²) in [5, 5.41) is 16.4. The van der Waals surface area contributed by atoms with Gasteiger partial charge in [0.1, 0.15) is 0 Å². The molecule has 0 bridgehead atoms.